The van der Waals surface area contributed by atoms with E-state index in [-0.39, 0.29) is 24.1 Å². The van der Waals surface area contributed by atoms with Crippen LogP contribution in [0.2, 0.25) is 0 Å². The molecule has 0 unspecified atom stereocenters. The number of hydrogen-bond donors (Lipinski definition) is 1. The Morgan fingerprint density at radius 1 is 1.39 bits per heavy atom. The van der Waals surface area contributed by atoms with Gasteiger partial charge in [-0.1, -0.05) is 31.9 Å². The maximum Gasteiger partial charge on any atom is 0.325 e. The maximum absolute atomic E-state index is 12.8. The monoisotopic (exact) mass is 317 g/mol. The minimum Gasteiger partial charge on any atom is -0.323 e. The number of nitrogens with zero attached hydrogens (tertiary/aromatic N) is 2. The zero-order valence-corrected chi connectivity index (χ0v) is 12.9. The number of carbonyl (C=O) groups excluding carboxylic acids is 2. The first-order chi connectivity index (χ1) is 10.9. The molecule has 2 aliphatic rings. The lowest BCUT2D eigenvalue weighted by atomic mass is 9.73. The molecule has 1 aromatic carbocycles. The Kier molecular flexibility index (Phi) is 3.79. The van der Waals surface area contributed by atoms with E-state index >= 15 is 0 Å². The molecule has 7 nitrogen and oxygen atoms in total. The van der Waals surface area contributed by atoms with Gasteiger partial charge in [0.2, 0.25) is 0 Å². The van der Waals surface area contributed by atoms with Crippen LogP contribution in [0.5, 0.6) is 0 Å². The first kappa shape index (κ1) is 15.5. The van der Waals surface area contributed by atoms with Crippen LogP contribution in [-0.4, -0.2) is 27.3 Å². The van der Waals surface area contributed by atoms with E-state index in [1.807, 2.05) is 6.92 Å². The van der Waals surface area contributed by atoms with Gasteiger partial charge in [0.1, 0.15) is 5.54 Å². The van der Waals surface area contributed by atoms with Crippen molar-refractivity contribution in [2.24, 2.45) is 5.92 Å². The molecule has 3 rings (SSSR count). The second-order valence-electron chi connectivity index (χ2n) is 6.37. The summed E-state index contributed by atoms with van der Waals surface area (Å²) in [4.78, 5) is 36.7. The van der Waals surface area contributed by atoms with E-state index in [0.717, 1.165) is 19.3 Å². The summed E-state index contributed by atoms with van der Waals surface area (Å²) in [6.07, 6.45) is 3.55. The van der Waals surface area contributed by atoms with E-state index in [0.29, 0.717) is 12.0 Å². The molecule has 0 bridgehead atoms. The Morgan fingerprint density at radius 3 is 2.87 bits per heavy atom. The lowest BCUT2D eigenvalue weighted by molar-refractivity contribution is -0.384. The van der Waals surface area contributed by atoms with Gasteiger partial charge >= 0.3 is 6.03 Å². The van der Waals surface area contributed by atoms with E-state index in [4.69, 9.17) is 0 Å². The van der Waals surface area contributed by atoms with E-state index in [9.17, 15) is 19.7 Å². The van der Waals surface area contributed by atoms with Crippen molar-refractivity contribution >= 4 is 17.6 Å². The molecule has 1 aliphatic carbocycles. The fraction of sp³-hybridized carbons (Fsp3) is 0.500. The number of benzene rings is 1. The van der Waals surface area contributed by atoms with Crippen molar-refractivity contribution in [2.75, 3.05) is 0 Å². The Labute approximate surface area is 133 Å². The van der Waals surface area contributed by atoms with Crippen molar-refractivity contribution in [3.63, 3.8) is 0 Å². The Morgan fingerprint density at radius 2 is 2.17 bits per heavy atom. The molecule has 1 aromatic rings. The van der Waals surface area contributed by atoms with Gasteiger partial charge in [0, 0.05) is 12.1 Å². The molecule has 1 aliphatic heterocycles. The van der Waals surface area contributed by atoms with Crippen LogP contribution in [-0.2, 0) is 11.3 Å². The van der Waals surface area contributed by atoms with Gasteiger partial charge in [-0.2, -0.15) is 0 Å². The van der Waals surface area contributed by atoms with Gasteiger partial charge in [-0.05, 0) is 24.3 Å². The third-order valence-electron chi connectivity index (χ3n) is 4.96. The van der Waals surface area contributed by atoms with Crippen LogP contribution in [0.3, 0.4) is 0 Å². The fourth-order valence-corrected chi connectivity index (χ4v) is 3.59. The van der Waals surface area contributed by atoms with Crippen molar-refractivity contribution in [1.29, 1.82) is 0 Å². The molecule has 122 valence electrons. The van der Waals surface area contributed by atoms with Crippen molar-refractivity contribution in [2.45, 2.75) is 44.7 Å². The van der Waals surface area contributed by atoms with Crippen LogP contribution in [0.4, 0.5) is 10.5 Å². The SMILES string of the molecule is C[C@@H]1CCCC[C@@]12NC(=O)N(Cc1cccc([N+](=O)[O-])c1)C2=O. The summed E-state index contributed by atoms with van der Waals surface area (Å²) in [6, 6.07) is 5.62. The molecule has 23 heavy (non-hydrogen) atoms. The number of nitro benzene ring substituents is 1. The third-order valence-corrected chi connectivity index (χ3v) is 4.96. The number of nitro groups is 1. The maximum atomic E-state index is 12.8. The quantitative estimate of drug-likeness (QED) is 0.527. The average molecular weight is 317 g/mol. The number of urea groups is 1. The summed E-state index contributed by atoms with van der Waals surface area (Å²) in [5.41, 5.74) is -0.269. The fourth-order valence-electron chi connectivity index (χ4n) is 3.59. The highest BCUT2D eigenvalue weighted by Crippen LogP contribution is 2.38. The van der Waals surface area contributed by atoms with Crippen LogP contribution in [0.1, 0.15) is 38.2 Å². The van der Waals surface area contributed by atoms with Crippen LogP contribution in [0.15, 0.2) is 24.3 Å². The van der Waals surface area contributed by atoms with E-state index < -0.39 is 16.5 Å². The van der Waals surface area contributed by atoms with Crippen molar-refractivity contribution in [3.8, 4) is 0 Å². The predicted molar refractivity (Wildman–Crippen MR) is 82.5 cm³/mol. The zero-order chi connectivity index (χ0) is 16.6. The minimum absolute atomic E-state index is 0.0460. The second kappa shape index (κ2) is 5.64. The molecule has 1 N–H and O–H groups in total. The predicted octanol–water partition coefficient (Wildman–Crippen LogP) is 2.60. The summed E-state index contributed by atoms with van der Waals surface area (Å²) in [5, 5.41) is 13.7. The Balaban J connectivity index is 1.84. The zero-order valence-electron chi connectivity index (χ0n) is 12.9. The molecule has 3 amide bonds. The van der Waals surface area contributed by atoms with E-state index in [1.165, 1.54) is 17.0 Å². The van der Waals surface area contributed by atoms with Gasteiger partial charge in [0.25, 0.3) is 11.6 Å². The third kappa shape index (κ3) is 2.56. The van der Waals surface area contributed by atoms with Gasteiger partial charge in [-0.15, -0.1) is 0 Å². The van der Waals surface area contributed by atoms with Crippen molar-refractivity contribution in [1.82, 2.24) is 10.2 Å². The molecule has 7 heteroatoms. The molecular weight excluding hydrogens is 298 g/mol. The van der Waals surface area contributed by atoms with Crippen LogP contribution < -0.4 is 5.32 Å². The summed E-state index contributed by atoms with van der Waals surface area (Å²) in [6.45, 7) is 2.05. The lowest BCUT2D eigenvalue weighted by Crippen LogP contribution is -2.53. The molecule has 0 aromatic heterocycles. The minimum atomic E-state index is -0.796. The normalized spacial score (nSPS) is 27.3. The molecule has 1 saturated carbocycles. The van der Waals surface area contributed by atoms with E-state index in [1.54, 1.807) is 12.1 Å². The first-order valence-corrected chi connectivity index (χ1v) is 7.81. The van der Waals surface area contributed by atoms with Crippen molar-refractivity contribution < 1.29 is 14.5 Å². The first-order valence-electron chi connectivity index (χ1n) is 7.81. The Hall–Kier alpha value is -2.44. The van der Waals surface area contributed by atoms with Gasteiger partial charge in [-0.25, -0.2) is 4.79 Å². The molecule has 0 radical (unpaired) electrons. The number of non-ortho nitro benzene ring substituents is 1. The summed E-state index contributed by atoms with van der Waals surface area (Å²) in [7, 11) is 0. The van der Waals surface area contributed by atoms with Gasteiger partial charge in [0.05, 0.1) is 11.5 Å². The standard InChI is InChI=1S/C16H19N3O4/c1-11-5-2-3-8-16(11)14(20)18(15(21)17-16)10-12-6-4-7-13(9-12)19(22)23/h4,6-7,9,11H,2-3,5,8,10H2,1H3,(H,17,21)/t11-,16-/m1/s1. The number of amides is 3. The molecule has 1 spiro atoms. The topological polar surface area (TPSA) is 92.6 Å². The van der Waals surface area contributed by atoms with Gasteiger partial charge in [-0.3, -0.25) is 19.8 Å². The highest BCUT2D eigenvalue weighted by Gasteiger charge is 2.54. The van der Waals surface area contributed by atoms with Crippen LogP contribution in [0.25, 0.3) is 0 Å². The number of hydrogen-bond acceptors (Lipinski definition) is 4. The van der Waals surface area contributed by atoms with Crippen LogP contribution >= 0.6 is 0 Å². The number of carbonyl (C=O) groups is 2. The number of nitrogens with one attached hydrogen (secondary N) is 1. The largest absolute Gasteiger partial charge is 0.325 e. The lowest BCUT2D eigenvalue weighted by Gasteiger charge is -2.36. The van der Waals surface area contributed by atoms with Crippen molar-refractivity contribution in [3.05, 3.63) is 39.9 Å². The Bertz CT molecular complexity index is 675. The summed E-state index contributed by atoms with van der Waals surface area (Å²) >= 11 is 0. The highest BCUT2D eigenvalue weighted by atomic mass is 16.6. The molecule has 1 heterocycles. The second-order valence-corrected chi connectivity index (χ2v) is 6.37. The van der Waals surface area contributed by atoms with Crippen LogP contribution in [0, 0.1) is 16.0 Å². The smallest absolute Gasteiger partial charge is 0.323 e. The summed E-state index contributed by atoms with van der Waals surface area (Å²) in [5.74, 6) is -0.107. The highest BCUT2D eigenvalue weighted by molar-refractivity contribution is 6.07. The van der Waals surface area contributed by atoms with E-state index in [2.05, 4.69) is 5.32 Å². The molecule has 1 saturated heterocycles. The van der Waals surface area contributed by atoms with Gasteiger partial charge < -0.3 is 5.32 Å². The average Bonchev–Trinajstić information content (AvgIpc) is 2.76. The molecular formula is C16H19N3O4. The number of rotatable bonds is 3. The number of imide groups is 1. The molecule has 2 atom stereocenters. The summed E-state index contributed by atoms with van der Waals surface area (Å²) < 4.78 is 0. The van der Waals surface area contributed by atoms with Gasteiger partial charge in [0.15, 0.2) is 0 Å². The molecule has 2 fully saturated rings.